The number of hydrogen-bond donors (Lipinski definition) is 1. The Kier molecular flexibility index (Phi) is 6.46. The minimum absolute atomic E-state index is 0.149. The molecular weight excluding hydrogens is 406 g/mol. The zero-order valence-electron chi connectivity index (χ0n) is 17.1. The van der Waals surface area contributed by atoms with Crippen LogP contribution in [0.3, 0.4) is 0 Å². The van der Waals surface area contributed by atoms with E-state index in [2.05, 4.69) is 17.5 Å². The molecule has 1 aliphatic heterocycles. The Balaban J connectivity index is 1.73. The molecule has 3 aromatic carbocycles. The molecule has 1 N–H and O–H groups in total. The van der Waals surface area contributed by atoms with Crippen molar-refractivity contribution >= 4 is 29.1 Å². The molecule has 0 radical (unpaired) electrons. The van der Waals surface area contributed by atoms with Gasteiger partial charge >= 0.3 is 0 Å². The largest absolute Gasteiger partial charge is 0.380 e. The number of fused-ring (bicyclic) bond motifs is 2. The SMILES string of the molecule is CCOCCNC(=O)c1ccc2c(c1)N=C(c1ccc(C#N)cc1)c1ccccc1S2. The van der Waals surface area contributed by atoms with E-state index in [1.807, 2.05) is 55.5 Å². The second-order valence-corrected chi connectivity index (χ2v) is 7.97. The predicted octanol–water partition coefficient (Wildman–Crippen LogP) is 4.96. The molecule has 0 fully saturated rings. The summed E-state index contributed by atoms with van der Waals surface area (Å²) in [7, 11) is 0. The minimum atomic E-state index is -0.149. The fraction of sp³-hybridized carbons (Fsp3) is 0.160. The standard InChI is InChI=1S/C25H21N3O2S/c1-2-30-14-13-27-25(29)19-11-12-23-21(15-19)28-24(18-9-7-17(16-26)8-10-18)20-5-3-4-6-22(20)31-23/h3-12,15H,2,13-14H2,1H3,(H,27,29). The van der Waals surface area contributed by atoms with Crippen molar-refractivity contribution in [1.82, 2.24) is 5.32 Å². The van der Waals surface area contributed by atoms with Crippen LogP contribution in [-0.4, -0.2) is 31.4 Å². The van der Waals surface area contributed by atoms with Crippen molar-refractivity contribution in [2.45, 2.75) is 16.7 Å². The van der Waals surface area contributed by atoms with Crippen molar-refractivity contribution in [2.24, 2.45) is 4.99 Å². The summed E-state index contributed by atoms with van der Waals surface area (Å²) in [6.07, 6.45) is 0. The molecule has 0 saturated heterocycles. The normalized spacial score (nSPS) is 12.1. The van der Waals surface area contributed by atoms with Gasteiger partial charge in [0.1, 0.15) is 0 Å². The molecule has 0 aromatic heterocycles. The van der Waals surface area contributed by atoms with Crippen LogP contribution >= 0.6 is 11.8 Å². The summed E-state index contributed by atoms with van der Waals surface area (Å²) in [4.78, 5) is 19.6. The molecule has 0 unspecified atom stereocenters. The maximum Gasteiger partial charge on any atom is 0.251 e. The van der Waals surface area contributed by atoms with Gasteiger partial charge in [-0.3, -0.25) is 4.79 Å². The number of hydrogen-bond acceptors (Lipinski definition) is 5. The number of amides is 1. The van der Waals surface area contributed by atoms with Gasteiger partial charge in [-0.1, -0.05) is 42.1 Å². The van der Waals surface area contributed by atoms with Crippen LogP contribution in [0.2, 0.25) is 0 Å². The quantitative estimate of drug-likeness (QED) is 0.442. The molecule has 5 nitrogen and oxygen atoms in total. The third-order valence-electron chi connectivity index (χ3n) is 4.84. The Morgan fingerprint density at radius 1 is 1.10 bits per heavy atom. The molecule has 0 aliphatic carbocycles. The van der Waals surface area contributed by atoms with E-state index < -0.39 is 0 Å². The molecule has 1 heterocycles. The Morgan fingerprint density at radius 2 is 1.90 bits per heavy atom. The number of rotatable bonds is 6. The Labute approximate surface area is 185 Å². The van der Waals surface area contributed by atoms with Crippen LogP contribution < -0.4 is 5.32 Å². The number of ether oxygens (including phenoxy) is 1. The first kappa shape index (κ1) is 20.9. The molecule has 1 amide bonds. The number of nitriles is 1. The van der Waals surface area contributed by atoms with Gasteiger partial charge < -0.3 is 10.1 Å². The number of aliphatic imine (C=N–C) groups is 1. The van der Waals surface area contributed by atoms with E-state index in [0.717, 1.165) is 32.3 Å². The molecule has 154 valence electrons. The van der Waals surface area contributed by atoms with Gasteiger partial charge in [-0.25, -0.2) is 4.99 Å². The fourth-order valence-corrected chi connectivity index (χ4v) is 4.29. The highest BCUT2D eigenvalue weighted by Gasteiger charge is 2.20. The Bertz CT molecular complexity index is 1180. The average Bonchev–Trinajstić information content (AvgIpc) is 2.98. The summed E-state index contributed by atoms with van der Waals surface area (Å²) < 4.78 is 5.28. The first-order chi connectivity index (χ1) is 15.2. The van der Waals surface area contributed by atoms with Gasteiger partial charge in [-0.15, -0.1) is 0 Å². The van der Waals surface area contributed by atoms with Crippen molar-refractivity contribution in [3.05, 3.63) is 89.0 Å². The van der Waals surface area contributed by atoms with Gasteiger partial charge in [0.25, 0.3) is 5.91 Å². The molecular formula is C25H21N3O2S. The third kappa shape index (κ3) is 4.69. The molecule has 0 bridgehead atoms. The predicted molar refractivity (Wildman–Crippen MR) is 122 cm³/mol. The Morgan fingerprint density at radius 3 is 2.68 bits per heavy atom. The zero-order valence-corrected chi connectivity index (χ0v) is 17.9. The molecule has 1 aliphatic rings. The van der Waals surface area contributed by atoms with Crippen molar-refractivity contribution < 1.29 is 9.53 Å². The maximum absolute atomic E-state index is 12.6. The van der Waals surface area contributed by atoms with E-state index in [1.165, 1.54) is 0 Å². The van der Waals surface area contributed by atoms with E-state index in [-0.39, 0.29) is 5.91 Å². The first-order valence-electron chi connectivity index (χ1n) is 10.1. The minimum Gasteiger partial charge on any atom is -0.380 e. The summed E-state index contributed by atoms with van der Waals surface area (Å²) in [5.74, 6) is -0.149. The van der Waals surface area contributed by atoms with Gasteiger partial charge in [0, 0.05) is 39.6 Å². The molecule has 0 saturated carbocycles. The van der Waals surface area contributed by atoms with Crippen LogP contribution in [0.1, 0.15) is 34.0 Å². The summed E-state index contributed by atoms with van der Waals surface area (Å²) in [6, 6.07) is 23.3. The summed E-state index contributed by atoms with van der Waals surface area (Å²) in [5, 5.41) is 12.0. The van der Waals surface area contributed by atoms with Crippen molar-refractivity contribution in [3.8, 4) is 6.07 Å². The second-order valence-electron chi connectivity index (χ2n) is 6.88. The van der Waals surface area contributed by atoms with Crippen LogP contribution in [0.15, 0.2) is 81.5 Å². The number of nitrogens with one attached hydrogen (secondary N) is 1. The van der Waals surface area contributed by atoms with E-state index >= 15 is 0 Å². The molecule has 6 heteroatoms. The lowest BCUT2D eigenvalue weighted by atomic mass is 10.0. The molecule has 31 heavy (non-hydrogen) atoms. The molecule has 0 atom stereocenters. The van der Waals surface area contributed by atoms with Crippen LogP contribution in [0.25, 0.3) is 0 Å². The van der Waals surface area contributed by atoms with E-state index in [4.69, 9.17) is 15.0 Å². The smallest absolute Gasteiger partial charge is 0.251 e. The number of benzene rings is 3. The highest BCUT2D eigenvalue weighted by Crippen LogP contribution is 2.41. The van der Waals surface area contributed by atoms with Gasteiger partial charge in [-0.05, 0) is 43.3 Å². The number of nitrogens with zero attached hydrogens (tertiary/aromatic N) is 2. The molecule has 3 aromatic rings. The van der Waals surface area contributed by atoms with E-state index in [1.54, 1.807) is 23.9 Å². The molecule has 4 rings (SSSR count). The van der Waals surface area contributed by atoms with Crippen LogP contribution in [0.5, 0.6) is 0 Å². The van der Waals surface area contributed by atoms with Crippen molar-refractivity contribution in [3.63, 3.8) is 0 Å². The van der Waals surface area contributed by atoms with Crippen LogP contribution in [0, 0.1) is 11.3 Å². The lowest BCUT2D eigenvalue weighted by Crippen LogP contribution is -2.27. The topological polar surface area (TPSA) is 74.5 Å². The average molecular weight is 428 g/mol. The lowest BCUT2D eigenvalue weighted by Gasteiger charge is -2.09. The Hall–Kier alpha value is -3.40. The molecule has 0 spiro atoms. The highest BCUT2D eigenvalue weighted by molar-refractivity contribution is 7.99. The first-order valence-corrected chi connectivity index (χ1v) is 10.9. The maximum atomic E-state index is 12.6. The van der Waals surface area contributed by atoms with Crippen molar-refractivity contribution in [2.75, 3.05) is 19.8 Å². The van der Waals surface area contributed by atoms with Crippen LogP contribution in [-0.2, 0) is 4.74 Å². The zero-order chi connectivity index (χ0) is 21.6. The fourth-order valence-electron chi connectivity index (χ4n) is 3.29. The van der Waals surface area contributed by atoms with Gasteiger partial charge in [0.05, 0.1) is 29.6 Å². The summed E-state index contributed by atoms with van der Waals surface area (Å²) in [6.45, 7) is 3.50. The lowest BCUT2D eigenvalue weighted by molar-refractivity contribution is 0.0922. The van der Waals surface area contributed by atoms with E-state index in [9.17, 15) is 4.79 Å². The summed E-state index contributed by atoms with van der Waals surface area (Å²) in [5.41, 5.74) is 4.68. The number of carbonyl (C=O) groups is 1. The summed E-state index contributed by atoms with van der Waals surface area (Å²) >= 11 is 1.64. The monoisotopic (exact) mass is 427 g/mol. The van der Waals surface area contributed by atoms with Gasteiger partial charge in [-0.2, -0.15) is 5.26 Å². The van der Waals surface area contributed by atoms with Crippen LogP contribution in [0.4, 0.5) is 5.69 Å². The second kappa shape index (κ2) is 9.61. The van der Waals surface area contributed by atoms with E-state index in [0.29, 0.717) is 30.9 Å². The van der Waals surface area contributed by atoms with Crippen molar-refractivity contribution in [1.29, 1.82) is 5.26 Å². The highest BCUT2D eigenvalue weighted by atomic mass is 32.2. The third-order valence-corrected chi connectivity index (χ3v) is 5.98. The van der Waals surface area contributed by atoms with Gasteiger partial charge in [0.15, 0.2) is 0 Å². The number of carbonyl (C=O) groups excluding carboxylic acids is 1. The van der Waals surface area contributed by atoms with Gasteiger partial charge in [0.2, 0.25) is 0 Å².